The molecule has 0 fully saturated rings. The molecule has 0 aliphatic carbocycles. The van der Waals surface area contributed by atoms with Gasteiger partial charge in [-0.3, -0.25) is 9.59 Å². The Labute approximate surface area is 272 Å². The maximum absolute atomic E-state index is 13.7. The molecule has 10 nitrogen and oxygen atoms in total. The van der Waals surface area contributed by atoms with Crippen LogP contribution in [-0.4, -0.2) is 53.9 Å². The first-order valence-electron chi connectivity index (χ1n) is 14.9. The first-order valence-corrected chi connectivity index (χ1v) is 14.9. The highest BCUT2D eigenvalue weighted by Gasteiger charge is 2.40. The molecule has 0 spiro atoms. The second-order valence-corrected chi connectivity index (χ2v) is 10.8. The third kappa shape index (κ3) is 6.02. The van der Waals surface area contributed by atoms with Gasteiger partial charge in [0.15, 0.2) is 28.8 Å². The van der Waals surface area contributed by atoms with Gasteiger partial charge in [0.2, 0.25) is 5.78 Å². The summed E-state index contributed by atoms with van der Waals surface area (Å²) in [4.78, 5) is 26.6. The monoisotopic (exact) mass is 638 g/mol. The van der Waals surface area contributed by atoms with Crippen LogP contribution in [0.5, 0.6) is 46.0 Å². The Morgan fingerprint density at radius 2 is 1.49 bits per heavy atom. The van der Waals surface area contributed by atoms with Crippen molar-refractivity contribution < 1.29 is 47.5 Å². The van der Waals surface area contributed by atoms with Crippen molar-refractivity contribution in [3.05, 3.63) is 100 Å². The summed E-state index contributed by atoms with van der Waals surface area (Å²) >= 11 is 0. The minimum atomic E-state index is -0.546. The molecule has 1 atom stereocenters. The Kier molecular flexibility index (Phi) is 8.92. The molecule has 2 aliphatic rings. The molecule has 242 valence electrons. The number of hydrogen-bond donors (Lipinski definition) is 0. The molecule has 0 unspecified atom stereocenters. The van der Waals surface area contributed by atoms with Gasteiger partial charge in [-0.25, -0.2) is 0 Å². The van der Waals surface area contributed by atoms with E-state index >= 15 is 0 Å². The second-order valence-electron chi connectivity index (χ2n) is 10.8. The number of allylic oxidation sites excluding steroid dienone is 1. The zero-order valence-corrected chi connectivity index (χ0v) is 26.7. The smallest absolute Gasteiger partial charge is 0.312 e. The Hall–Kier alpha value is -5.64. The lowest BCUT2D eigenvalue weighted by molar-refractivity contribution is -0.135. The third-order valence-corrected chi connectivity index (χ3v) is 8.20. The molecule has 4 aromatic rings. The Bertz CT molecular complexity index is 1860. The molecular weight excluding hydrogens is 604 g/mol. The Morgan fingerprint density at radius 3 is 2.19 bits per heavy atom. The molecule has 2 aliphatic heterocycles. The van der Waals surface area contributed by atoms with Crippen molar-refractivity contribution in [2.24, 2.45) is 0 Å². The van der Waals surface area contributed by atoms with Crippen molar-refractivity contribution in [2.75, 3.05) is 42.2 Å². The largest absolute Gasteiger partial charge is 0.497 e. The zero-order chi connectivity index (χ0) is 33.1. The van der Waals surface area contributed by atoms with Gasteiger partial charge in [0.25, 0.3) is 0 Å². The van der Waals surface area contributed by atoms with Gasteiger partial charge in [-0.1, -0.05) is 24.3 Å². The number of ketones is 1. The van der Waals surface area contributed by atoms with Gasteiger partial charge in [-0.05, 0) is 48.0 Å². The lowest BCUT2D eigenvalue weighted by Crippen LogP contribution is -2.22. The van der Waals surface area contributed by atoms with Crippen LogP contribution in [0.2, 0.25) is 0 Å². The molecule has 0 amide bonds. The van der Waals surface area contributed by atoms with Gasteiger partial charge in [-0.15, -0.1) is 0 Å². The van der Waals surface area contributed by atoms with E-state index in [-0.39, 0.29) is 18.0 Å². The maximum atomic E-state index is 13.7. The summed E-state index contributed by atoms with van der Waals surface area (Å²) in [5.74, 6) is 2.64. The Morgan fingerprint density at radius 1 is 0.766 bits per heavy atom. The summed E-state index contributed by atoms with van der Waals surface area (Å²) in [7, 11) is 7.77. The number of carbonyl (C=O) groups excluding carboxylic acids is 2. The number of esters is 1. The molecule has 4 aromatic carbocycles. The predicted molar refractivity (Wildman–Crippen MR) is 173 cm³/mol. The number of rotatable bonds is 11. The van der Waals surface area contributed by atoms with E-state index in [0.717, 1.165) is 11.3 Å². The van der Waals surface area contributed by atoms with Gasteiger partial charge in [0, 0.05) is 35.1 Å². The van der Waals surface area contributed by atoms with Crippen LogP contribution in [-0.2, 0) is 11.2 Å². The number of ether oxygens (including phenoxy) is 8. The van der Waals surface area contributed by atoms with Crippen molar-refractivity contribution in [3.63, 3.8) is 0 Å². The fourth-order valence-corrected chi connectivity index (χ4v) is 5.86. The van der Waals surface area contributed by atoms with Gasteiger partial charge in [-0.2, -0.15) is 0 Å². The lowest BCUT2D eigenvalue weighted by Gasteiger charge is -2.28. The minimum absolute atomic E-state index is 0.00552. The van der Waals surface area contributed by atoms with E-state index in [2.05, 4.69) is 0 Å². The predicted octanol–water partition coefficient (Wildman–Crippen LogP) is 6.41. The van der Waals surface area contributed by atoms with Crippen molar-refractivity contribution in [1.82, 2.24) is 0 Å². The topological polar surface area (TPSA) is 108 Å². The first kappa shape index (κ1) is 31.3. The molecular formula is C37H34O10. The van der Waals surface area contributed by atoms with Gasteiger partial charge in [0.05, 0.1) is 54.1 Å². The second kappa shape index (κ2) is 13.4. The van der Waals surface area contributed by atoms with Crippen LogP contribution in [0.1, 0.15) is 45.0 Å². The van der Waals surface area contributed by atoms with E-state index < -0.39 is 11.9 Å². The van der Waals surface area contributed by atoms with E-state index in [1.54, 1.807) is 50.6 Å². The fraction of sp³-hybridized carbons (Fsp3) is 0.243. The number of carbonyl (C=O) groups is 2. The van der Waals surface area contributed by atoms with Crippen LogP contribution in [0, 0.1) is 0 Å². The van der Waals surface area contributed by atoms with Crippen LogP contribution in [0.3, 0.4) is 0 Å². The number of Topliss-reactive ketones (excluding diaryl/α,β-unsaturated/α-hetero) is 1. The molecule has 47 heavy (non-hydrogen) atoms. The minimum Gasteiger partial charge on any atom is -0.497 e. The summed E-state index contributed by atoms with van der Waals surface area (Å²) in [5.41, 5.74) is 3.26. The summed E-state index contributed by atoms with van der Waals surface area (Å²) in [6.07, 6.45) is 2.23. The SMILES string of the molecule is COc1ccc(CCOc2c(OC)cccc2[C@H]2CC(=O)Oc3ccc4c(c32)O/C(=C\c2cc(OC)c(OC)cc2OC)C4=O)cc1. The van der Waals surface area contributed by atoms with Crippen LogP contribution in [0.25, 0.3) is 6.08 Å². The zero-order valence-electron chi connectivity index (χ0n) is 26.7. The maximum Gasteiger partial charge on any atom is 0.312 e. The van der Waals surface area contributed by atoms with Crippen LogP contribution < -0.4 is 37.9 Å². The van der Waals surface area contributed by atoms with Gasteiger partial charge in [0.1, 0.15) is 23.0 Å². The third-order valence-electron chi connectivity index (χ3n) is 8.20. The molecule has 0 radical (unpaired) electrons. The highest BCUT2D eigenvalue weighted by atomic mass is 16.5. The van der Waals surface area contributed by atoms with Crippen LogP contribution in [0.15, 0.2) is 72.5 Å². The molecule has 0 aromatic heterocycles. The molecule has 6 rings (SSSR count). The summed E-state index contributed by atoms with van der Waals surface area (Å²) in [6.45, 7) is 0.353. The first-order chi connectivity index (χ1) is 22.9. The van der Waals surface area contributed by atoms with Crippen molar-refractivity contribution in [3.8, 4) is 46.0 Å². The molecule has 0 N–H and O–H groups in total. The highest BCUT2D eigenvalue weighted by molar-refractivity contribution is 6.15. The molecule has 0 saturated carbocycles. The van der Waals surface area contributed by atoms with Crippen LogP contribution in [0.4, 0.5) is 0 Å². The number of methoxy groups -OCH3 is 5. The van der Waals surface area contributed by atoms with Crippen molar-refractivity contribution in [1.29, 1.82) is 0 Å². The van der Waals surface area contributed by atoms with E-state index in [9.17, 15) is 9.59 Å². The standard InChI is InChI=1S/C37H34O10/c1-40-23-11-9-21(10-12-23)15-16-45-36-24(7-6-8-28(36)41-2)26-19-33(38)46-27-14-13-25-35(39)32(47-37(25)34(26)27)18-22-17-30(43-4)31(44-5)20-29(22)42-3/h6-14,17-18,20,26H,15-16,19H2,1-5H3/b32-18-/t26-/m1/s1. The molecule has 0 bridgehead atoms. The van der Waals surface area contributed by atoms with Crippen molar-refractivity contribution in [2.45, 2.75) is 18.8 Å². The fourth-order valence-electron chi connectivity index (χ4n) is 5.86. The summed E-state index contributed by atoms with van der Waals surface area (Å²) < 4.78 is 45.7. The lowest BCUT2D eigenvalue weighted by atomic mass is 9.84. The van der Waals surface area contributed by atoms with Gasteiger partial charge < -0.3 is 37.9 Å². The highest BCUT2D eigenvalue weighted by Crippen LogP contribution is 2.52. The van der Waals surface area contributed by atoms with Gasteiger partial charge >= 0.3 is 5.97 Å². The average Bonchev–Trinajstić information content (AvgIpc) is 3.42. The molecule has 0 saturated heterocycles. The van der Waals surface area contributed by atoms with E-state index in [1.807, 2.05) is 36.4 Å². The van der Waals surface area contributed by atoms with E-state index in [4.69, 9.17) is 37.9 Å². The van der Waals surface area contributed by atoms with E-state index in [1.165, 1.54) is 21.3 Å². The molecule has 10 heteroatoms. The summed E-state index contributed by atoms with van der Waals surface area (Å²) in [5, 5.41) is 0. The number of hydrogen-bond acceptors (Lipinski definition) is 10. The summed E-state index contributed by atoms with van der Waals surface area (Å²) in [6, 6.07) is 19.9. The molecule has 2 heterocycles. The average molecular weight is 639 g/mol. The Balaban J connectivity index is 1.37. The van der Waals surface area contributed by atoms with E-state index in [0.29, 0.717) is 75.5 Å². The van der Waals surface area contributed by atoms with Crippen LogP contribution >= 0.6 is 0 Å². The number of para-hydroxylation sites is 1. The van der Waals surface area contributed by atoms with Crippen molar-refractivity contribution >= 4 is 17.8 Å². The normalized spacial score (nSPS) is 15.7. The number of benzene rings is 4. The number of fused-ring (bicyclic) bond motifs is 3. The quantitative estimate of drug-likeness (QED) is 0.104.